The van der Waals surface area contributed by atoms with Crippen molar-refractivity contribution in [1.29, 1.82) is 0 Å². The second kappa shape index (κ2) is 8.86. The van der Waals surface area contributed by atoms with Gasteiger partial charge in [-0.25, -0.2) is 9.59 Å². The zero-order valence-corrected chi connectivity index (χ0v) is 17.3. The molecule has 3 aromatic rings. The molecule has 158 valence electrons. The molecule has 0 atom stereocenters. The molecule has 1 heterocycles. The van der Waals surface area contributed by atoms with Crippen molar-refractivity contribution in [3.8, 4) is 5.75 Å². The van der Waals surface area contributed by atoms with Crippen molar-refractivity contribution in [1.82, 2.24) is 14.7 Å². The molecular weight excluding hydrogens is 386 g/mol. The van der Waals surface area contributed by atoms with Crippen LogP contribution in [-0.2, 0) is 19.5 Å². The number of nitrogens with zero attached hydrogens (tertiary/aromatic N) is 2. The minimum absolute atomic E-state index is 0.0178. The number of benzene rings is 2. The summed E-state index contributed by atoms with van der Waals surface area (Å²) in [6.07, 6.45) is -0.0176. The maximum Gasteiger partial charge on any atom is 0.511 e. The third kappa shape index (κ3) is 3.94. The van der Waals surface area contributed by atoms with Gasteiger partial charge < -0.3 is 15.2 Å². The molecule has 0 aliphatic heterocycles. The topological polar surface area (TPSA) is 103 Å². The summed E-state index contributed by atoms with van der Waals surface area (Å²) in [7, 11) is 0. The first-order valence-electron chi connectivity index (χ1n) is 9.89. The molecule has 0 bridgehead atoms. The van der Waals surface area contributed by atoms with Crippen LogP contribution in [0.1, 0.15) is 37.0 Å². The van der Waals surface area contributed by atoms with Gasteiger partial charge in [0, 0.05) is 13.1 Å². The predicted molar refractivity (Wildman–Crippen MR) is 113 cm³/mol. The fraction of sp³-hybridized carbons (Fsp3) is 0.318. The number of carbonyl (C=O) groups excluding carboxylic acids is 1. The molecule has 0 spiro atoms. The summed E-state index contributed by atoms with van der Waals surface area (Å²) in [5.41, 5.74) is 2.98. The molecule has 2 N–H and O–H groups in total. The van der Waals surface area contributed by atoms with Gasteiger partial charge in [0.25, 0.3) is 5.56 Å². The molecule has 8 heteroatoms. The number of aromatic nitrogens is 2. The summed E-state index contributed by atoms with van der Waals surface area (Å²) >= 11 is 0. The Labute approximate surface area is 173 Å². The molecule has 0 saturated carbocycles. The van der Waals surface area contributed by atoms with E-state index in [2.05, 4.69) is 5.32 Å². The number of hydrogen-bond acceptors (Lipinski definition) is 4. The molecule has 0 radical (unpaired) electrons. The summed E-state index contributed by atoms with van der Waals surface area (Å²) in [5.74, 6) is 0.0178. The quantitative estimate of drug-likeness (QED) is 0.473. The van der Waals surface area contributed by atoms with Crippen LogP contribution in [0.25, 0.3) is 10.9 Å². The number of aryl methyl sites for hydroxylation is 3. The highest BCUT2D eigenvalue weighted by Gasteiger charge is 2.22. The minimum Gasteiger partial charge on any atom is -0.449 e. The Morgan fingerprint density at radius 3 is 2.53 bits per heavy atom. The molecular formula is C22H25N3O5. The van der Waals surface area contributed by atoms with Crippen LogP contribution in [0.15, 0.2) is 41.2 Å². The number of para-hydroxylation sites is 1. The smallest absolute Gasteiger partial charge is 0.449 e. The largest absolute Gasteiger partial charge is 0.511 e. The van der Waals surface area contributed by atoms with Gasteiger partial charge in [-0.2, -0.15) is 4.68 Å². The molecule has 0 fully saturated rings. The minimum atomic E-state index is -1.48. The SMILES string of the molecule is CCCn1c2c(OC(=O)O)cccc2c(=O)n1C(=O)NCc1c(C)cccc1CC. The lowest BCUT2D eigenvalue weighted by atomic mass is 10.0. The van der Waals surface area contributed by atoms with Crippen LogP contribution in [0.5, 0.6) is 5.75 Å². The Morgan fingerprint density at radius 2 is 1.87 bits per heavy atom. The molecule has 1 amide bonds. The Balaban J connectivity index is 2.04. The number of carboxylic acid groups (broad SMARTS) is 1. The lowest BCUT2D eigenvalue weighted by Gasteiger charge is -2.15. The summed E-state index contributed by atoms with van der Waals surface area (Å²) in [4.78, 5) is 37.1. The Kier molecular flexibility index (Phi) is 6.25. The number of nitrogens with one attached hydrogen (secondary N) is 1. The molecule has 3 rings (SSSR count). The van der Waals surface area contributed by atoms with Gasteiger partial charge in [0.15, 0.2) is 5.75 Å². The Hall–Kier alpha value is -3.55. The maximum atomic E-state index is 13.0. The zero-order chi connectivity index (χ0) is 21.8. The summed E-state index contributed by atoms with van der Waals surface area (Å²) < 4.78 is 7.35. The summed E-state index contributed by atoms with van der Waals surface area (Å²) in [6, 6.07) is 9.95. The molecule has 1 aromatic heterocycles. The normalized spacial score (nSPS) is 10.9. The molecule has 0 aliphatic rings. The zero-order valence-electron chi connectivity index (χ0n) is 17.3. The van der Waals surface area contributed by atoms with Gasteiger partial charge in [0.05, 0.1) is 5.39 Å². The lowest BCUT2D eigenvalue weighted by Crippen LogP contribution is -2.38. The monoisotopic (exact) mass is 411 g/mol. The Morgan fingerprint density at radius 1 is 1.13 bits per heavy atom. The van der Waals surface area contributed by atoms with E-state index in [1.165, 1.54) is 16.8 Å². The molecule has 0 aliphatic carbocycles. The average molecular weight is 411 g/mol. The maximum absolute atomic E-state index is 13.0. The van der Waals surface area contributed by atoms with Crippen molar-refractivity contribution in [2.45, 2.75) is 46.7 Å². The molecule has 30 heavy (non-hydrogen) atoms. The fourth-order valence-electron chi connectivity index (χ4n) is 3.67. The number of ether oxygens (including phenoxy) is 1. The van der Waals surface area contributed by atoms with E-state index in [9.17, 15) is 14.4 Å². The van der Waals surface area contributed by atoms with Gasteiger partial charge in [-0.1, -0.05) is 38.1 Å². The summed E-state index contributed by atoms with van der Waals surface area (Å²) in [5, 5.41) is 12.1. The van der Waals surface area contributed by atoms with Crippen molar-refractivity contribution in [2.75, 3.05) is 0 Å². The third-order valence-electron chi connectivity index (χ3n) is 5.05. The van der Waals surface area contributed by atoms with Crippen LogP contribution in [-0.4, -0.2) is 26.7 Å². The van der Waals surface area contributed by atoms with Crippen molar-refractivity contribution in [2.24, 2.45) is 0 Å². The highest BCUT2D eigenvalue weighted by molar-refractivity contribution is 5.90. The number of amides is 1. The van der Waals surface area contributed by atoms with Crippen molar-refractivity contribution in [3.63, 3.8) is 0 Å². The van der Waals surface area contributed by atoms with E-state index in [0.717, 1.165) is 27.8 Å². The van der Waals surface area contributed by atoms with E-state index >= 15 is 0 Å². The number of carbonyl (C=O) groups is 2. The van der Waals surface area contributed by atoms with E-state index in [4.69, 9.17) is 9.84 Å². The van der Waals surface area contributed by atoms with Crippen molar-refractivity contribution < 1.29 is 19.4 Å². The van der Waals surface area contributed by atoms with Crippen molar-refractivity contribution in [3.05, 3.63) is 63.4 Å². The average Bonchev–Trinajstić information content (AvgIpc) is 2.99. The highest BCUT2D eigenvalue weighted by Crippen LogP contribution is 2.25. The van der Waals surface area contributed by atoms with Crippen LogP contribution in [0.3, 0.4) is 0 Å². The van der Waals surface area contributed by atoms with Crippen LogP contribution in [0, 0.1) is 6.92 Å². The van der Waals surface area contributed by atoms with Gasteiger partial charge in [-0.15, -0.1) is 0 Å². The fourth-order valence-corrected chi connectivity index (χ4v) is 3.67. The van der Waals surface area contributed by atoms with Gasteiger partial charge in [0.1, 0.15) is 5.52 Å². The van der Waals surface area contributed by atoms with Gasteiger partial charge >= 0.3 is 12.2 Å². The third-order valence-corrected chi connectivity index (χ3v) is 5.05. The first-order valence-corrected chi connectivity index (χ1v) is 9.89. The van der Waals surface area contributed by atoms with Crippen LogP contribution in [0.4, 0.5) is 9.59 Å². The molecule has 8 nitrogen and oxygen atoms in total. The lowest BCUT2D eigenvalue weighted by molar-refractivity contribution is 0.145. The molecule has 0 saturated heterocycles. The second-order valence-electron chi connectivity index (χ2n) is 6.99. The van der Waals surface area contributed by atoms with Crippen LogP contribution < -0.4 is 15.6 Å². The standard InChI is InChI=1S/C22H25N3O5/c1-4-12-24-19-16(10-7-11-18(19)30-22(28)29)20(26)25(24)21(27)23-13-17-14(3)8-6-9-15(17)5-2/h6-11H,4-5,12-13H2,1-3H3,(H,23,27)(H,28,29). The predicted octanol–water partition coefficient (Wildman–Crippen LogP) is 3.90. The molecule has 0 unspecified atom stereocenters. The van der Waals surface area contributed by atoms with Gasteiger partial charge in [0.2, 0.25) is 0 Å². The number of fused-ring (bicyclic) bond motifs is 1. The number of hydrogen-bond donors (Lipinski definition) is 2. The first kappa shape index (κ1) is 21.2. The van der Waals surface area contributed by atoms with Gasteiger partial charge in [-0.3, -0.25) is 9.48 Å². The van der Waals surface area contributed by atoms with E-state index < -0.39 is 17.7 Å². The van der Waals surface area contributed by atoms with Crippen LogP contribution in [0.2, 0.25) is 0 Å². The van der Waals surface area contributed by atoms with Gasteiger partial charge in [-0.05, 0) is 48.6 Å². The van der Waals surface area contributed by atoms with E-state index in [1.807, 2.05) is 39.0 Å². The van der Waals surface area contributed by atoms with E-state index in [-0.39, 0.29) is 23.2 Å². The number of rotatable bonds is 6. The van der Waals surface area contributed by atoms with E-state index in [1.54, 1.807) is 6.07 Å². The van der Waals surface area contributed by atoms with Crippen molar-refractivity contribution >= 4 is 23.1 Å². The molecule has 2 aromatic carbocycles. The van der Waals surface area contributed by atoms with E-state index in [0.29, 0.717) is 13.0 Å². The second-order valence-corrected chi connectivity index (χ2v) is 6.99. The first-order chi connectivity index (χ1) is 14.4. The van der Waals surface area contributed by atoms with Crippen LogP contribution >= 0.6 is 0 Å². The summed E-state index contributed by atoms with van der Waals surface area (Å²) in [6.45, 7) is 6.56. The Bertz CT molecular complexity index is 1160. The highest BCUT2D eigenvalue weighted by atomic mass is 16.7.